The molecule has 0 unspecified atom stereocenters. The molecule has 1 heterocycles. The maximum absolute atomic E-state index is 12.6. The van der Waals surface area contributed by atoms with Crippen molar-refractivity contribution in [1.29, 1.82) is 0 Å². The van der Waals surface area contributed by atoms with E-state index in [2.05, 4.69) is 5.10 Å². The molecule has 0 atom stereocenters. The number of rotatable bonds is 4. The van der Waals surface area contributed by atoms with Crippen molar-refractivity contribution < 1.29 is 9.53 Å². The summed E-state index contributed by atoms with van der Waals surface area (Å²) < 4.78 is 6.88. The molecule has 0 spiro atoms. The number of methoxy groups -OCH3 is 1. The molecular weight excluding hydrogens is 240 g/mol. The lowest BCUT2D eigenvalue weighted by Gasteiger charge is -2.08. The zero-order valence-electron chi connectivity index (χ0n) is 11.7. The lowest BCUT2D eigenvalue weighted by atomic mass is 10.0. The fourth-order valence-corrected chi connectivity index (χ4v) is 2.01. The third-order valence-corrected chi connectivity index (χ3v) is 3.31. The molecule has 100 valence electrons. The van der Waals surface area contributed by atoms with E-state index in [-0.39, 0.29) is 5.78 Å². The van der Waals surface area contributed by atoms with Gasteiger partial charge in [0.15, 0.2) is 11.4 Å². The lowest BCUT2D eigenvalue weighted by molar-refractivity contribution is 0.102. The highest BCUT2D eigenvalue weighted by Crippen LogP contribution is 2.22. The van der Waals surface area contributed by atoms with E-state index in [0.717, 1.165) is 5.56 Å². The molecule has 0 saturated heterocycles. The van der Waals surface area contributed by atoms with Crippen molar-refractivity contribution in [3.63, 3.8) is 0 Å². The normalized spacial score (nSPS) is 10.5. The molecule has 0 fully saturated rings. The van der Waals surface area contributed by atoms with Crippen LogP contribution in [-0.4, -0.2) is 22.7 Å². The highest BCUT2D eigenvalue weighted by molar-refractivity contribution is 6.09. The number of ketones is 1. The summed E-state index contributed by atoms with van der Waals surface area (Å²) in [5, 5.41) is 4.16. The Kier molecular flexibility index (Phi) is 3.69. The van der Waals surface area contributed by atoms with Gasteiger partial charge in [-0.1, -0.05) is 12.1 Å². The molecule has 0 amide bonds. The van der Waals surface area contributed by atoms with E-state index in [1.165, 1.54) is 5.56 Å². The SMILES string of the molecule is CCn1ncc(OC)c1C(=O)c1ccc(C)c(C)c1. The standard InChI is InChI=1S/C15H18N2O2/c1-5-17-14(13(19-4)9-16-17)15(18)12-7-6-10(2)11(3)8-12/h6-9H,5H2,1-4H3. The number of aromatic nitrogens is 2. The van der Waals surface area contributed by atoms with E-state index < -0.39 is 0 Å². The van der Waals surface area contributed by atoms with Gasteiger partial charge in [0.2, 0.25) is 5.78 Å². The van der Waals surface area contributed by atoms with Crippen molar-refractivity contribution in [2.45, 2.75) is 27.3 Å². The number of ether oxygens (including phenoxy) is 1. The van der Waals surface area contributed by atoms with E-state index in [0.29, 0.717) is 23.6 Å². The molecule has 0 N–H and O–H groups in total. The van der Waals surface area contributed by atoms with Crippen LogP contribution >= 0.6 is 0 Å². The number of carbonyl (C=O) groups is 1. The van der Waals surface area contributed by atoms with Gasteiger partial charge in [-0.3, -0.25) is 9.48 Å². The summed E-state index contributed by atoms with van der Waals surface area (Å²) in [5.74, 6) is 0.462. The lowest BCUT2D eigenvalue weighted by Crippen LogP contribution is -2.12. The van der Waals surface area contributed by atoms with E-state index >= 15 is 0 Å². The second-order valence-corrected chi connectivity index (χ2v) is 4.51. The van der Waals surface area contributed by atoms with Crippen molar-refractivity contribution >= 4 is 5.78 Å². The van der Waals surface area contributed by atoms with Gasteiger partial charge in [0.05, 0.1) is 13.3 Å². The Morgan fingerprint density at radius 1 is 1.32 bits per heavy atom. The summed E-state index contributed by atoms with van der Waals surface area (Å²) in [6.45, 7) is 6.61. The minimum atomic E-state index is -0.0562. The topological polar surface area (TPSA) is 44.1 Å². The fraction of sp³-hybridized carbons (Fsp3) is 0.333. The summed E-state index contributed by atoms with van der Waals surface area (Å²) >= 11 is 0. The number of hydrogen-bond acceptors (Lipinski definition) is 3. The van der Waals surface area contributed by atoms with Gasteiger partial charge in [0.1, 0.15) is 0 Å². The summed E-state index contributed by atoms with van der Waals surface area (Å²) in [5.41, 5.74) is 3.45. The van der Waals surface area contributed by atoms with Gasteiger partial charge in [0.25, 0.3) is 0 Å². The van der Waals surface area contributed by atoms with Crippen molar-refractivity contribution in [2.24, 2.45) is 0 Å². The van der Waals surface area contributed by atoms with Crippen LogP contribution in [0.5, 0.6) is 5.75 Å². The Balaban J connectivity index is 2.49. The monoisotopic (exact) mass is 258 g/mol. The molecule has 2 aromatic rings. The molecule has 0 aliphatic heterocycles. The average molecular weight is 258 g/mol. The first-order valence-corrected chi connectivity index (χ1v) is 6.30. The first-order chi connectivity index (χ1) is 9.08. The van der Waals surface area contributed by atoms with Crippen LogP contribution in [0.4, 0.5) is 0 Å². The summed E-state index contributed by atoms with van der Waals surface area (Å²) in [7, 11) is 1.55. The molecule has 19 heavy (non-hydrogen) atoms. The molecular formula is C15H18N2O2. The van der Waals surface area contributed by atoms with Gasteiger partial charge >= 0.3 is 0 Å². The van der Waals surface area contributed by atoms with Crippen LogP contribution < -0.4 is 4.74 Å². The minimum Gasteiger partial charge on any atom is -0.493 e. The highest BCUT2D eigenvalue weighted by atomic mass is 16.5. The Labute approximate surface area is 113 Å². The maximum atomic E-state index is 12.6. The molecule has 0 radical (unpaired) electrons. The predicted molar refractivity (Wildman–Crippen MR) is 73.8 cm³/mol. The molecule has 0 saturated carbocycles. The number of carbonyl (C=O) groups excluding carboxylic acids is 1. The Bertz CT molecular complexity index is 593. The molecule has 1 aromatic heterocycles. The van der Waals surface area contributed by atoms with Crippen LogP contribution in [0.2, 0.25) is 0 Å². The largest absolute Gasteiger partial charge is 0.493 e. The smallest absolute Gasteiger partial charge is 0.214 e. The first-order valence-electron chi connectivity index (χ1n) is 6.30. The van der Waals surface area contributed by atoms with Crippen molar-refractivity contribution in [3.8, 4) is 5.75 Å². The average Bonchev–Trinajstić information content (AvgIpc) is 2.83. The maximum Gasteiger partial charge on any atom is 0.214 e. The van der Waals surface area contributed by atoms with Gasteiger partial charge in [-0.25, -0.2) is 0 Å². The van der Waals surface area contributed by atoms with Crippen molar-refractivity contribution in [1.82, 2.24) is 9.78 Å². The second-order valence-electron chi connectivity index (χ2n) is 4.51. The summed E-state index contributed by atoms with van der Waals surface area (Å²) in [4.78, 5) is 12.6. The van der Waals surface area contributed by atoms with Gasteiger partial charge in [-0.05, 0) is 38.0 Å². The Morgan fingerprint density at radius 2 is 2.05 bits per heavy atom. The zero-order valence-corrected chi connectivity index (χ0v) is 11.7. The third kappa shape index (κ3) is 2.38. The van der Waals surface area contributed by atoms with Crippen LogP contribution in [0.3, 0.4) is 0 Å². The predicted octanol–water partition coefficient (Wildman–Crippen LogP) is 2.76. The van der Waals surface area contributed by atoms with Crippen LogP contribution in [0, 0.1) is 13.8 Å². The molecule has 2 rings (SSSR count). The van der Waals surface area contributed by atoms with E-state index in [1.54, 1.807) is 18.0 Å². The molecule has 4 nitrogen and oxygen atoms in total. The Morgan fingerprint density at radius 3 is 2.63 bits per heavy atom. The number of benzene rings is 1. The number of hydrogen-bond donors (Lipinski definition) is 0. The molecule has 4 heteroatoms. The quantitative estimate of drug-likeness (QED) is 0.792. The molecule has 1 aromatic carbocycles. The van der Waals surface area contributed by atoms with Crippen LogP contribution in [0.15, 0.2) is 24.4 Å². The molecule has 0 aliphatic carbocycles. The van der Waals surface area contributed by atoms with Crippen LogP contribution in [-0.2, 0) is 6.54 Å². The highest BCUT2D eigenvalue weighted by Gasteiger charge is 2.20. The summed E-state index contributed by atoms with van der Waals surface area (Å²) in [6.07, 6.45) is 1.58. The number of nitrogens with zero attached hydrogens (tertiary/aromatic N) is 2. The van der Waals surface area contributed by atoms with Gasteiger partial charge in [-0.2, -0.15) is 5.10 Å². The summed E-state index contributed by atoms with van der Waals surface area (Å²) in [6, 6.07) is 5.71. The van der Waals surface area contributed by atoms with Crippen LogP contribution in [0.1, 0.15) is 34.1 Å². The minimum absolute atomic E-state index is 0.0562. The Hall–Kier alpha value is -2.10. The van der Waals surface area contributed by atoms with Crippen LogP contribution in [0.25, 0.3) is 0 Å². The van der Waals surface area contributed by atoms with Crippen molar-refractivity contribution in [3.05, 3.63) is 46.8 Å². The zero-order chi connectivity index (χ0) is 14.0. The first kappa shape index (κ1) is 13.3. The van der Waals surface area contributed by atoms with Gasteiger partial charge < -0.3 is 4.74 Å². The molecule has 0 aliphatic rings. The van der Waals surface area contributed by atoms with Gasteiger partial charge in [-0.15, -0.1) is 0 Å². The third-order valence-electron chi connectivity index (χ3n) is 3.31. The van der Waals surface area contributed by atoms with Crippen molar-refractivity contribution in [2.75, 3.05) is 7.11 Å². The van der Waals surface area contributed by atoms with Gasteiger partial charge in [0, 0.05) is 12.1 Å². The molecule has 0 bridgehead atoms. The second kappa shape index (κ2) is 5.26. The van der Waals surface area contributed by atoms with E-state index in [1.807, 2.05) is 39.0 Å². The number of aryl methyl sites for hydroxylation is 3. The van der Waals surface area contributed by atoms with E-state index in [4.69, 9.17) is 4.74 Å². The van der Waals surface area contributed by atoms with E-state index in [9.17, 15) is 4.79 Å². The fourth-order valence-electron chi connectivity index (χ4n) is 2.01.